The number of hydrogen-bond acceptors (Lipinski definition) is 7. The number of hydrogen-bond donors (Lipinski definition) is 4. The van der Waals surface area contributed by atoms with Gasteiger partial charge in [-0.25, -0.2) is 9.18 Å². The Morgan fingerprint density at radius 3 is 2.78 bits per heavy atom. The van der Waals surface area contributed by atoms with Gasteiger partial charge in [-0.1, -0.05) is 0 Å². The van der Waals surface area contributed by atoms with E-state index >= 15 is 0 Å². The van der Waals surface area contributed by atoms with Crippen LogP contribution in [-0.4, -0.2) is 50.9 Å². The normalized spacial score (nSPS) is 16.1. The number of ether oxygens (including phenoxy) is 1. The lowest BCUT2D eigenvalue weighted by Crippen LogP contribution is -2.40. The summed E-state index contributed by atoms with van der Waals surface area (Å²) in [5.74, 6) is -0.150. The van der Waals surface area contributed by atoms with Gasteiger partial charge in [0.2, 0.25) is 6.30 Å². The Bertz CT molecular complexity index is 436. The van der Waals surface area contributed by atoms with Crippen molar-refractivity contribution in [3.63, 3.8) is 0 Å². The summed E-state index contributed by atoms with van der Waals surface area (Å²) in [4.78, 5) is 14.7. The van der Waals surface area contributed by atoms with Crippen molar-refractivity contribution in [1.29, 1.82) is 0 Å². The fourth-order valence-electron chi connectivity index (χ4n) is 1.33. The molecule has 0 amide bonds. The van der Waals surface area contributed by atoms with Crippen molar-refractivity contribution in [2.24, 2.45) is 0 Å². The van der Waals surface area contributed by atoms with E-state index in [1.807, 2.05) is 0 Å². The summed E-state index contributed by atoms with van der Waals surface area (Å²) in [5, 5.41) is 26.9. The maximum Gasteiger partial charge on any atom is 0.352 e. The van der Waals surface area contributed by atoms with E-state index in [4.69, 9.17) is 10.3 Å². The molecule has 1 aromatic rings. The zero-order chi connectivity index (χ0) is 13.7. The highest BCUT2D eigenvalue weighted by Gasteiger charge is 2.29. The molecule has 3 atom stereocenters. The lowest BCUT2D eigenvalue weighted by molar-refractivity contribution is -0.0910. The molecule has 0 bridgehead atoms. The fourth-order valence-corrected chi connectivity index (χ4v) is 1.33. The van der Waals surface area contributed by atoms with Crippen molar-refractivity contribution in [3.8, 4) is 0 Å². The molecule has 0 aliphatic rings. The Balaban J connectivity index is 2.96. The highest BCUT2D eigenvalue weighted by atomic mass is 19.1. The molecule has 0 aromatic carbocycles. The zero-order valence-electron chi connectivity index (χ0n) is 9.52. The van der Waals surface area contributed by atoms with Gasteiger partial charge in [0.05, 0.1) is 6.61 Å². The van der Waals surface area contributed by atoms with Gasteiger partial charge >= 0.3 is 5.69 Å². The van der Waals surface area contributed by atoms with Gasteiger partial charge in [-0.05, 0) is 6.07 Å². The van der Waals surface area contributed by atoms with E-state index in [-0.39, 0.29) is 5.82 Å². The van der Waals surface area contributed by atoms with E-state index < -0.39 is 30.8 Å². The van der Waals surface area contributed by atoms with Crippen molar-refractivity contribution in [1.82, 2.24) is 9.55 Å². The Labute approximate surface area is 101 Å². The van der Waals surface area contributed by atoms with Crippen molar-refractivity contribution in [3.05, 3.63) is 22.7 Å². The number of aliphatic hydroxyl groups excluding tert-OH is 2. The minimum Gasteiger partial charge on any atom is -0.394 e. The number of aliphatic hydroxyl groups is 2. The number of aromatic nitrogens is 2. The molecular weight excluding hydrogens is 249 g/mol. The first-order chi connectivity index (χ1) is 8.54. The SMILES string of the molecule is COC(CO)C(O)C(F)n1ccc(NO)nc1=O. The predicted molar refractivity (Wildman–Crippen MR) is 57.9 cm³/mol. The minimum absolute atomic E-state index is 0.150. The van der Waals surface area contributed by atoms with Crippen LogP contribution in [0.2, 0.25) is 0 Å². The van der Waals surface area contributed by atoms with Gasteiger partial charge in [0.25, 0.3) is 0 Å². The first kappa shape index (κ1) is 14.5. The second-order valence-corrected chi connectivity index (χ2v) is 3.43. The quantitative estimate of drug-likeness (QED) is 0.480. The fraction of sp³-hybridized carbons (Fsp3) is 0.556. The van der Waals surface area contributed by atoms with Crippen LogP contribution >= 0.6 is 0 Å². The summed E-state index contributed by atoms with van der Waals surface area (Å²) in [6, 6.07) is 1.14. The number of methoxy groups -OCH3 is 1. The van der Waals surface area contributed by atoms with Crippen molar-refractivity contribution < 1.29 is 24.5 Å². The zero-order valence-corrected chi connectivity index (χ0v) is 9.52. The van der Waals surface area contributed by atoms with Gasteiger partial charge in [-0.15, -0.1) is 0 Å². The molecule has 8 nitrogen and oxygen atoms in total. The Morgan fingerprint density at radius 1 is 1.67 bits per heavy atom. The number of nitrogens with zero attached hydrogens (tertiary/aromatic N) is 2. The van der Waals surface area contributed by atoms with Gasteiger partial charge in [-0.2, -0.15) is 4.98 Å². The molecule has 0 saturated carbocycles. The molecule has 0 aliphatic heterocycles. The van der Waals surface area contributed by atoms with Crippen molar-refractivity contribution in [2.45, 2.75) is 18.5 Å². The van der Waals surface area contributed by atoms with Crippen LogP contribution in [0.5, 0.6) is 0 Å². The Hall–Kier alpha value is -1.55. The summed E-state index contributed by atoms with van der Waals surface area (Å²) in [6.07, 6.45) is -4.02. The number of halogens is 1. The van der Waals surface area contributed by atoms with Crippen LogP contribution in [-0.2, 0) is 4.74 Å². The average molecular weight is 263 g/mol. The standard InChI is InChI=1S/C9H14FN3O5/c1-18-5(4-14)7(15)8(10)13-3-2-6(12-17)11-9(13)16/h2-3,5,7-8,14-15,17H,4H2,1H3,(H,11,12,16). The largest absolute Gasteiger partial charge is 0.394 e. The molecule has 0 radical (unpaired) electrons. The number of alkyl halides is 1. The van der Waals surface area contributed by atoms with Gasteiger partial charge in [0.1, 0.15) is 12.2 Å². The highest BCUT2D eigenvalue weighted by molar-refractivity contribution is 5.28. The van der Waals surface area contributed by atoms with Crippen LogP contribution < -0.4 is 11.2 Å². The van der Waals surface area contributed by atoms with Gasteiger partial charge < -0.3 is 14.9 Å². The summed E-state index contributed by atoms with van der Waals surface area (Å²) in [5.41, 5.74) is 0.628. The third-order valence-corrected chi connectivity index (χ3v) is 2.36. The number of nitrogens with one attached hydrogen (secondary N) is 1. The van der Waals surface area contributed by atoms with Crippen LogP contribution in [0.15, 0.2) is 17.1 Å². The van der Waals surface area contributed by atoms with Crippen LogP contribution in [0.1, 0.15) is 6.30 Å². The summed E-state index contributed by atoms with van der Waals surface area (Å²) in [7, 11) is 1.19. The molecular formula is C9H14FN3O5. The van der Waals surface area contributed by atoms with Gasteiger partial charge in [-0.3, -0.25) is 15.3 Å². The van der Waals surface area contributed by atoms with Gasteiger partial charge in [0, 0.05) is 13.3 Å². The topological polar surface area (TPSA) is 117 Å². The van der Waals surface area contributed by atoms with E-state index in [1.54, 1.807) is 5.48 Å². The average Bonchev–Trinajstić information content (AvgIpc) is 2.39. The van der Waals surface area contributed by atoms with Gasteiger partial charge in [0.15, 0.2) is 5.82 Å². The maximum absolute atomic E-state index is 13.8. The smallest absolute Gasteiger partial charge is 0.352 e. The molecule has 0 aliphatic carbocycles. The molecule has 4 N–H and O–H groups in total. The monoisotopic (exact) mass is 263 g/mol. The van der Waals surface area contributed by atoms with E-state index in [1.165, 1.54) is 7.11 Å². The summed E-state index contributed by atoms with van der Waals surface area (Å²) in [6.45, 7) is -0.601. The molecule has 1 heterocycles. The van der Waals surface area contributed by atoms with Crippen LogP contribution in [0.3, 0.4) is 0 Å². The predicted octanol–water partition coefficient (Wildman–Crippen LogP) is -1.12. The number of anilines is 1. The molecule has 0 saturated heterocycles. The van der Waals surface area contributed by atoms with E-state index in [2.05, 4.69) is 9.72 Å². The molecule has 3 unspecified atom stereocenters. The van der Waals surface area contributed by atoms with E-state index in [9.17, 15) is 14.3 Å². The second-order valence-electron chi connectivity index (χ2n) is 3.43. The lowest BCUT2D eigenvalue weighted by Gasteiger charge is -2.23. The van der Waals surface area contributed by atoms with Crippen LogP contribution in [0, 0.1) is 0 Å². The minimum atomic E-state index is -2.13. The molecule has 1 rings (SSSR count). The Morgan fingerprint density at radius 2 is 2.33 bits per heavy atom. The Kier molecular flexibility index (Phi) is 5.16. The maximum atomic E-state index is 13.8. The van der Waals surface area contributed by atoms with Crippen LogP contribution in [0.25, 0.3) is 0 Å². The highest BCUT2D eigenvalue weighted by Crippen LogP contribution is 2.16. The molecule has 18 heavy (non-hydrogen) atoms. The first-order valence-electron chi connectivity index (χ1n) is 5.00. The third-order valence-electron chi connectivity index (χ3n) is 2.36. The molecule has 9 heteroatoms. The van der Waals surface area contributed by atoms with E-state index in [0.717, 1.165) is 12.3 Å². The van der Waals surface area contributed by atoms with Crippen LogP contribution in [0.4, 0.5) is 10.2 Å². The van der Waals surface area contributed by atoms with Crippen molar-refractivity contribution in [2.75, 3.05) is 19.2 Å². The molecule has 1 aromatic heterocycles. The number of rotatable bonds is 6. The molecule has 0 fully saturated rings. The van der Waals surface area contributed by atoms with Crippen molar-refractivity contribution >= 4 is 5.82 Å². The molecule has 0 spiro atoms. The summed E-state index contributed by atoms with van der Waals surface area (Å²) >= 11 is 0. The molecule has 102 valence electrons. The first-order valence-corrected chi connectivity index (χ1v) is 5.00. The lowest BCUT2D eigenvalue weighted by atomic mass is 10.2. The summed E-state index contributed by atoms with van der Waals surface area (Å²) < 4.78 is 19.0. The third kappa shape index (κ3) is 3.01. The second kappa shape index (κ2) is 6.40. The van der Waals surface area contributed by atoms with E-state index in [0.29, 0.717) is 4.57 Å².